The Kier molecular flexibility index (Phi) is 11.0. The van der Waals surface area contributed by atoms with Gasteiger partial charge in [0.25, 0.3) is 0 Å². The van der Waals surface area contributed by atoms with Crippen LogP contribution in [0.25, 0.3) is 0 Å². The molecule has 178 valence electrons. The Morgan fingerprint density at radius 1 is 1.28 bits per heavy atom. The monoisotopic (exact) mass is 552 g/mol. The van der Waals surface area contributed by atoms with Gasteiger partial charge in [0.05, 0.1) is 5.69 Å². The molecule has 2 aromatic rings. The van der Waals surface area contributed by atoms with E-state index in [9.17, 15) is 0 Å². The summed E-state index contributed by atoms with van der Waals surface area (Å²) >= 11 is 0. The highest BCUT2D eigenvalue weighted by atomic mass is 127. The molecule has 0 radical (unpaired) electrons. The highest BCUT2D eigenvalue weighted by Gasteiger charge is 2.22. The number of aliphatic imine (C=N–C) groups is 1. The minimum Gasteiger partial charge on any atom is -0.357 e. The van der Waals surface area contributed by atoms with Gasteiger partial charge in [-0.1, -0.05) is 44.2 Å². The van der Waals surface area contributed by atoms with Crippen LogP contribution in [0, 0.1) is 5.92 Å². The molecule has 0 saturated carbocycles. The van der Waals surface area contributed by atoms with Gasteiger partial charge < -0.3 is 15.1 Å². The summed E-state index contributed by atoms with van der Waals surface area (Å²) in [6.45, 7) is 12.6. The number of hydrogen-bond donors (Lipinski definition) is 1. The second-order valence-corrected chi connectivity index (χ2v) is 9.11. The molecule has 1 unspecified atom stereocenters. The molecule has 0 aliphatic carbocycles. The SMILES string of the molecule is CCNC(=NCC1CCN(CCc2ccccc2)C1)N(C)Cc1cn(C)nc1C(C)C.I. The molecule has 6 nitrogen and oxygen atoms in total. The summed E-state index contributed by atoms with van der Waals surface area (Å²) in [7, 11) is 4.12. The zero-order chi connectivity index (χ0) is 22.2. The maximum absolute atomic E-state index is 5.00. The number of rotatable bonds is 9. The third kappa shape index (κ3) is 7.76. The first-order valence-corrected chi connectivity index (χ1v) is 11.7. The van der Waals surface area contributed by atoms with Gasteiger partial charge in [0.1, 0.15) is 0 Å². The van der Waals surface area contributed by atoms with Gasteiger partial charge in [0, 0.05) is 58.6 Å². The zero-order valence-electron chi connectivity index (χ0n) is 20.4. The molecular weight excluding hydrogens is 511 g/mol. The largest absolute Gasteiger partial charge is 0.357 e. The maximum atomic E-state index is 5.00. The average molecular weight is 553 g/mol. The summed E-state index contributed by atoms with van der Waals surface area (Å²) in [5, 5.41) is 8.12. The molecule has 3 rings (SSSR count). The topological polar surface area (TPSA) is 48.7 Å². The van der Waals surface area contributed by atoms with Crippen molar-refractivity contribution in [2.24, 2.45) is 18.0 Å². The highest BCUT2D eigenvalue weighted by Crippen LogP contribution is 2.19. The van der Waals surface area contributed by atoms with E-state index in [1.807, 2.05) is 11.7 Å². The predicted molar refractivity (Wildman–Crippen MR) is 145 cm³/mol. The Morgan fingerprint density at radius 2 is 2.03 bits per heavy atom. The van der Waals surface area contributed by atoms with Crippen molar-refractivity contribution in [1.29, 1.82) is 0 Å². The lowest BCUT2D eigenvalue weighted by Gasteiger charge is -2.23. The van der Waals surface area contributed by atoms with Crippen LogP contribution in [0.4, 0.5) is 0 Å². The fraction of sp³-hybridized carbons (Fsp3) is 0.600. The highest BCUT2D eigenvalue weighted by molar-refractivity contribution is 14.0. The van der Waals surface area contributed by atoms with Crippen LogP contribution >= 0.6 is 24.0 Å². The van der Waals surface area contributed by atoms with E-state index in [1.54, 1.807) is 0 Å². The second-order valence-electron chi connectivity index (χ2n) is 9.11. The van der Waals surface area contributed by atoms with Crippen molar-refractivity contribution in [3.8, 4) is 0 Å². The van der Waals surface area contributed by atoms with Crippen molar-refractivity contribution in [2.45, 2.75) is 46.1 Å². The number of likely N-dealkylation sites (tertiary alicyclic amines) is 1. The van der Waals surface area contributed by atoms with Crippen molar-refractivity contribution >= 4 is 29.9 Å². The van der Waals surface area contributed by atoms with Crippen molar-refractivity contribution in [1.82, 2.24) is 24.9 Å². The van der Waals surface area contributed by atoms with Gasteiger partial charge in [-0.25, -0.2) is 0 Å². The van der Waals surface area contributed by atoms with Gasteiger partial charge in [0.15, 0.2) is 5.96 Å². The van der Waals surface area contributed by atoms with Crippen LogP contribution in [0.15, 0.2) is 41.5 Å². The van der Waals surface area contributed by atoms with Crippen LogP contribution in [-0.4, -0.2) is 65.3 Å². The van der Waals surface area contributed by atoms with E-state index < -0.39 is 0 Å². The number of guanidine groups is 1. The summed E-state index contributed by atoms with van der Waals surface area (Å²) in [5.74, 6) is 2.05. The first-order chi connectivity index (χ1) is 15.0. The van der Waals surface area contributed by atoms with E-state index in [1.165, 1.54) is 29.8 Å². The zero-order valence-corrected chi connectivity index (χ0v) is 22.8. The number of halogens is 1. The lowest BCUT2D eigenvalue weighted by Crippen LogP contribution is -2.39. The van der Waals surface area contributed by atoms with Crippen molar-refractivity contribution in [3.63, 3.8) is 0 Å². The molecule has 0 spiro atoms. The average Bonchev–Trinajstić information content (AvgIpc) is 3.36. The van der Waals surface area contributed by atoms with Crippen LogP contribution < -0.4 is 5.32 Å². The third-order valence-electron chi connectivity index (χ3n) is 6.02. The van der Waals surface area contributed by atoms with Gasteiger partial charge >= 0.3 is 0 Å². The standard InChI is InChI=1S/C25H40N6.HI/c1-6-26-25(29(4)18-23-19-30(5)28-24(23)20(2)3)27-16-22-13-15-31(17-22)14-12-21-10-8-7-9-11-21;/h7-11,19-20,22H,6,12-18H2,1-5H3,(H,26,27);1H. The summed E-state index contributed by atoms with van der Waals surface area (Å²) in [5.41, 5.74) is 3.88. The lowest BCUT2D eigenvalue weighted by atomic mass is 10.1. The summed E-state index contributed by atoms with van der Waals surface area (Å²) in [6.07, 6.45) is 4.50. The van der Waals surface area contributed by atoms with Crippen molar-refractivity contribution in [2.75, 3.05) is 39.8 Å². The molecule has 0 amide bonds. The van der Waals surface area contributed by atoms with Crippen molar-refractivity contribution in [3.05, 3.63) is 53.3 Å². The number of hydrogen-bond acceptors (Lipinski definition) is 3. The molecule has 1 saturated heterocycles. The minimum atomic E-state index is 0. The smallest absolute Gasteiger partial charge is 0.193 e. The Bertz CT molecular complexity index is 832. The van der Waals surface area contributed by atoms with Crippen LogP contribution in [-0.2, 0) is 20.0 Å². The molecule has 1 aromatic carbocycles. The molecule has 0 bridgehead atoms. The fourth-order valence-electron chi connectivity index (χ4n) is 4.38. The van der Waals surface area contributed by atoms with Crippen LogP contribution in [0.1, 0.15) is 49.9 Å². The van der Waals surface area contributed by atoms with Gasteiger partial charge in [-0.15, -0.1) is 24.0 Å². The summed E-state index contributed by atoms with van der Waals surface area (Å²) in [4.78, 5) is 9.83. The molecule has 2 heterocycles. The van der Waals surface area contributed by atoms with E-state index in [4.69, 9.17) is 4.99 Å². The van der Waals surface area contributed by atoms with Crippen LogP contribution in [0.5, 0.6) is 0 Å². The van der Waals surface area contributed by atoms with E-state index >= 15 is 0 Å². The Labute approximate surface area is 211 Å². The molecule has 7 heteroatoms. The number of aryl methyl sites for hydroxylation is 1. The Morgan fingerprint density at radius 3 is 2.72 bits per heavy atom. The third-order valence-corrected chi connectivity index (χ3v) is 6.02. The molecule has 1 atom stereocenters. The second kappa shape index (κ2) is 13.2. The Balaban J connectivity index is 0.00000363. The maximum Gasteiger partial charge on any atom is 0.193 e. The lowest BCUT2D eigenvalue weighted by molar-refractivity contribution is 0.329. The molecule has 1 aliphatic rings. The van der Waals surface area contributed by atoms with E-state index in [-0.39, 0.29) is 24.0 Å². The van der Waals surface area contributed by atoms with Gasteiger partial charge in [-0.3, -0.25) is 9.67 Å². The fourth-order valence-corrected chi connectivity index (χ4v) is 4.38. The quantitative estimate of drug-likeness (QED) is 0.289. The van der Waals surface area contributed by atoms with Gasteiger partial charge in [-0.2, -0.15) is 5.10 Å². The van der Waals surface area contributed by atoms with E-state index in [0.717, 1.165) is 45.1 Å². The first-order valence-electron chi connectivity index (χ1n) is 11.7. The first kappa shape index (κ1) is 26.6. The minimum absolute atomic E-state index is 0. The molecule has 1 N–H and O–H groups in total. The van der Waals surface area contributed by atoms with E-state index in [2.05, 4.69) is 84.6 Å². The van der Waals surface area contributed by atoms with Crippen LogP contribution in [0.3, 0.4) is 0 Å². The molecule has 1 fully saturated rings. The number of nitrogens with zero attached hydrogens (tertiary/aromatic N) is 5. The number of nitrogens with one attached hydrogen (secondary N) is 1. The molecular formula is C25H41IN6. The van der Waals surface area contributed by atoms with Gasteiger partial charge in [0.2, 0.25) is 0 Å². The Hall–Kier alpha value is -1.61. The summed E-state index contributed by atoms with van der Waals surface area (Å²) < 4.78 is 1.92. The number of benzene rings is 1. The predicted octanol–water partition coefficient (Wildman–Crippen LogP) is 4.12. The molecule has 1 aliphatic heterocycles. The normalized spacial score (nSPS) is 16.9. The molecule has 1 aromatic heterocycles. The summed E-state index contributed by atoms with van der Waals surface area (Å²) in [6, 6.07) is 10.8. The van der Waals surface area contributed by atoms with E-state index in [0.29, 0.717) is 11.8 Å². The molecule has 32 heavy (non-hydrogen) atoms. The number of aromatic nitrogens is 2. The van der Waals surface area contributed by atoms with Crippen LogP contribution in [0.2, 0.25) is 0 Å². The van der Waals surface area contributed by atoms with Crippen molar-refractivity contribution < 1.29 is 0 Å². The van der Waals surface area contributed by atoms with Gasteiger partial charge in [-0.05, 0) is 43.7 Å².